The molecule has 0 bridgehead atoms. The van der Waals surface area contributed by atoms with Crippen LogP contribution in [0.2, 0.25) is 0 Å². The molecule has 0 saturated heterocycles. The van der Waals surface area contributed by atoms with Crippen LogP contribution in [-0.2, 0) is 0 Å². The van der Waals surface area contributed by atoms with Gasteiger partial charge in [0.2, 0.25) is 0 Å². The third kappa shape index (κ3) is 5.15. The Kier molecular flexibility index (Phi) is 8.18. The molecule has 1 unspecified atom stereocenters. The van der Waals surface area contributed by atoms with Crippen molar-refractivity contribution in [3.8, 4) is 11.1 Å². The predicted molar refractivity (Wildman–Crippen MR) is 119 cm³/mol. The van der Waals surface area contributed by atoms with Crippen molar-refractivity contribution >= 4 is 0 Å². The third-order valence-corrected chi connectivity index (χ3v) is 6.95. The van der Waals surface area contributed by atoms with Crippen molar-refractivity contribution in [3.63, 3.8) is 0 Å². The fourth-order valence-electron chi connectivity index (χ4n) is 5.00. The van der Waals surface area contributed by atoms with E-state index in [9.17, 15) is 13.2 Å². The van der Waals surface area contributed by atoms with Gasteiger partial charge in [0, 0.05) is 11.1 Å². The van der Waals surface area contributed by atoms with E-state index in [1.165, 1.54) is 12.1 Å². The van der Waals surface area contributed by atoms with Gasteiger partial charge in [0.1, 0.15) is 0 Å². The van der Waals surface area contributed by atoms with Crippen LogP contribution in [0.25, 0.3) is 11.1 Å². The van der Waals surface area contributed by atoms with E-state index >= 15 is 4.39 Å². The van der Waals surface area contributed by atoms with Crippen LogP contribution < -0.4 is 0 Å². The van der Waals surface area contributed by atoms with E-state index < -0.39 is 23.3 Å². The number of unbranched alkanes of at least 4 members (excludes halogenated alkanes) is 1. The zero-order chi connectivity index (χ0) is 22.5. The second-order valence-electron chi connectivity index (χ2n) is 9.25. The minimum atomic E-state index is -1.09. The molecule has 0 heterocycles. The van der Waals surface area contributed by atoms with Crippen LogP contribution in [0.5, 0.6) is 0 Å². The quantitative estimate of drug-likeness (QED) is 0.363. The molecule has 3 rings (SSSR count). The molecule has 1 fully saturated rings. The van der Waals surface area contributed by atoms with Crippen molar-refractivity contribution < 1.29 is 17.6 Å². The molecular formula is C27H34F4. The fourth-order valence-corrected chi connectivity index (χ4v) is 5.00. The van der Waals surface area contributed by atoms with Crippen molar-refractivity contribution in [2.45, 2.75) is 90.4 Å². The molecule has 0 nitrogen and oxygen atoms in total. The van der Waals surface area contributed by atoms with E-state index in [-0.39, 0.29) is 23.0 Å². The lowest BCUT2D eigenvalue weighted by atomic mass is 9.79. The summed E-state index contributed by atoms with van der Waals surface area (Å²) in [5.41, 5.74) is 0.264. The Bertz CT molecular complexity index is 881. The number of benzene rings is 2. The van der Waals surface area contributed by atoms with Crippen LogP contribution in [0.3, 0.4) is 0 Å². The Labute approximate surface area is 184 Å². The molecule has 170 valence electrons. The molecule has 0 aromatic heterocycles. The summed E-state index contributed by atoms with van der Waals surface area (Å²) in [4.78, 5) is 0. The van der Waals surface area contributed by atoms with Gasteiger partial charge in [-0.15, -0.1) is 0 Å². The summed E-state index contributed by atoms with van der Waals surface area (Å²) < 4.78 is 59.9. The number of rotatable bonds is 8. The maximum atomic E-state index is 15.0. The van der Waals surface area contributed by atoms with Gasteiger partial charge in [-0.3, -0.25) is 0 Å². The topological polar surface area (TPSA) is 0 Å². The summed E-state index contributed by atoms with van der Waals surface area (Å²) in [6.45, 7) is 6.26. The standard InChI is InChI=1S/C27H34F4/c1-4-6-8-18(7-5-2)20-13-15-22(26(30)24(20)28)23-16-14-21(25(29)27(23)31)19-11-9-17(3)10-12-19/h13-19H,4-12H2,1-3H3. The van der Waals surface area contributed by atoms with Crippen molar-refractivity contribution in [1.82, 2.24) is 0 Å². The second-order valence-corrected chi connectivity index (χ2v) is 9.25. The van der Waals surface area contributed by atoms with Crippen molar-refractivity contribution in [2.75, 3.05) is 0 Å². The molecule has 0 aliphatic heterocycles. The van der Waals surface area contributed by atoms with Gasteiger partial charge in [-0.25, -0.2) is 17.6 Å². The molecule has 1 aliphatic carbocycles. The summed E-state index contributed by atoms with van der Waals surface area (Å²) in [5, 5.41) is 0. The Balaban J connectivity index is 1.94. The van der Waals surface area contributed by atoms with E-state index in [0.717, 1.165) is 57.8 Å². The predicted octanol–water partition coefficient (Wildman–Crippen LogP) is 9.28. The lowest BCUT2D eigenvalue weighted by molar-refractivity contribution is 0.339. The highest BCUT2D eigenvalue weighted by Crippen LogP contribution is 2.40. The smallest absolute Gasteiger partial charge is 0.167 e. The van der Waals surface area contributed by atoms with Crippen molar-refractivity contribution in [3.05, 3.63) is 58.7 Å². The summed E-state index contributed by atoms with van der Waals surface area (Å²) in [6.07, 6.45) is 7.99. The Morgan fingerprint density at radius 1 is 0.742 bits per heavy atom. The molecule has 1 saturated carbocycles. The first-order valence-corrected chi connectivity index (χ1v) is 11.8. The molecule has 0 spiro atoms. The highest BCUT2D eigenvalue weighted by molar-refractivity contribution is 5.66. The summed E-state index contributed by atoms with van der Waals surface area (Å²) in [5.74, 6) is -3.51. The SMILES string of the molecule is CCCCC(CCC)c1ccc(-c2ccc(C3CCC(C)CC3)c(F)c2F)c(F)c1F. The Morgan fingerprint density at radius 3 is 1.97 bits per heavy atom. The van der Waals surface area contributed by atoms with Crippen molar-refractivity contribution in [1.29, 1.82) is 0 Å². The molecule has 4 heteroatoms. The number of hydrogen-bond acceptors (Lipinski definition) is 0. The molecule has 1 atom stereocenters. The third-order valence-electron chi connectivity index (χ3n) is 6.95. The maximum Gasteiger partial charge on any atom is 0.167 e. The normalized spacial score (nSPS) is 20.1. The first-order valence-electron chi connectivity index (χ1n) is 11.8. The fraction of sp³-hybridized carbons (Fsp3) is 0.556. The van der Waals surface area contributed by atoms with Gasteiger partial charge < -0.3 is 0 Å². The molecule has 31 heavy (non-hydrogen) atoms. The van der Waals surface area contributed by atoms with Gasteiger partial charge in [0.05, 0.1) is 0 Å². The van der Waals surface area contributed by atoms with E-state index in [4.69, 9.17) is 0 Å². The van der Waals surface area contributed by atoms with Crippen molar-refractivity contribution in [2.24, 2.45) is 5.92 Å². The van der Waals surface area contributed by atoms with Crippen LogP contribution in [0.1, 0.15) is 102 Å². The highest BCUT2D eigenvalue weighted by atomic mass is 19.2. The van der Waals surface area contributed by atoms with Gasteiger partial charge >= 0.3 is 0 Å². The summed E-state index contributed by atoms with van der Waals surface area (Å²) >= 11 is 0. The summed E-state index contributed by atoms with van der Waals surface area (Å²) in [6, 6.07) is 5.92. The molecule has 0 radical (unpaired) electrons. The molecule has 2 aromatic rings. The monoisotopic (exact) mass is 434 g/mol. The maximum absolute atomic E-state index is 15.0. The minimum Gasteiger partial charge on any atom is -0.203 e. The van der Waals surface area contributed by atoms with E-state index in [2.05, 4.69) is 13.8 Å². The second kappa shape index (κ2) is 10.7. The Morgan fingerprint density at radius 2 is 1.35 bits per heavy atom. The average Bonchev–Trinajstić information content (AvgIpc) is 2.76. The molecule has 0 amide bonds. The number of halogens is 4. The molecule has 1 aliphatic rings. The highest BCUT2D eigenvalue weighted by Gasteiger charge is 2.27. The first kappa shape index (κ1) is 23.8. The number of hydrogen-bond donors (Lipinski definition) is 0. The Hall–Kier alpha value is -1.84. The van der Waals surface area contributed by atoms with Gasteiger partial charge in [-0.05, 0) is 54.6 Å². The van der Waals surface area contributed by atoms with Gasteiger partial charge in [-0.2, -0.15) is 0 Å². The zero-order valence-electron chi connectivity index (χ0n) is 18.9. The van der Waals surface area contributed by atoms with Crippen LogP contribution in [0.4, 0.5) is 17.6 Å². The van der Waals surface area contributed by atoms with E-state index in [1.54, 1.807) is 12.1 Å². The first-order chi connectivity index (χ1) is 14.9. The van der Waals surface area contributed by atoms with Gasteiger partial charge in [0.15, 0.2) is 23.3 Å². The molecular weight excluding hydrogens is 400 g/mol. The lowest BCUT2D eigenvalue weighted by Crippen LogP contribution is -2.13. The van der Waals surface area contributed by atoms with Gasteiger partial charge in [-0.1, -0.05) is 77.1 Å². The lowest BCUT2D eigenvalue weighted by Gasteiger charge is -2.27. The van der Waals surface area contributed by atoms with Crippen LogP contribution in [0.15, 0.2) is 24.3 Å². The molecule has 2 aromatic carbocycles. The van der Waals surface area contributed by atoms with E-state index in [1.807, 2.05) is 6.92 Å². The minimum absolute atomic E-state index is 0.0166. The van der Waals surface area contributed by atoms with Crippen LogP contribution in [-0.4, -0.2) is 0 Å². The summed E-state index contributed by atoms with van der Waals surface area (Å²) in [7, 11) is 0. The van der Waals surface area contributed by atoms with E-state index in [0.29, 0.717) is 17.0 Å². The molecule has 0 N–H and O–H groups in total. The average molecular weight is 435 g/mol. The van der Waals surface area contributed by atoms with Crippen LogP contribution in [0, 0.1) is 29.2 Å². The van der Waals surface area contributed by atoms with Gasteiger partial charge in [0.25, 0.3) is 0 Å². The zero-order valence-corrected chi connectivity index (χ0v) is 18.9. The largest absolute Gasteiger partial charge is 0.203 e. The van der Waals surface area contributed by atoms with Crippen LogP contribution >= 0.6 is 0 Å².